The summed E-state index contributed by atoms with van der Waals surface area (Å²) < 4.78 is 20.3. The molecule has 0 aromatic heterocycles. The lowest BCUT2D eigenvalue weighted by molar-refractivity contribution is 0.0607. The van der Waals surface area contributed by atoms with E-state index in [1.54, 1.807) is 18.2 Å². The van der Waals surface area contributed by atoms with E-state index in [1.807, 2.05) is 25.1 Å². The number of aliphatic hydroxyl groups is 2. The van der Waals surface area contributed by atoms with Crippen molar-refractivity contribution < 1.29 is 24.4 Å². The Hall–Kier alpha value is -1.56. The number of benzene rings is 2. The first-order chi connectivity index (χ1) is 14.8. The molecule has 0 fully saturated rings. The number of rotatable bonds is 14. The zero-order valence-corrected chi connectivity index (χ0v) is 19.3. The predicted octanol–water partition coefficient (Wildman–Crippen LogP) is 4.09. The molecule has 2 aromatic carbocycles. The van der Waals surface area contributed by atoms with Crippen molar-refractivity contribution in [3.05, 3.63) is 64.7 Å². The Kier molecular flexibility index (Phi) is 10.9. The van der Waals surface area contributed by atoms with Gasteiger partial charge in [0.1, 0.15) is 5.75 Å². The second kappa shape index (κ2) is 13.1. The molecule has 2 rings (SSSR count). The molecule has 0 heterocycles. The number of halogens is 1. The lowest BCUT2D eigenvalue weighted by atomic mass is 10.1. The summed E-state index contributed by atoms with van der Waals surface area (Å²) in [5.74, 6) is 0.0282. The maximum Gasteiger partial charge on any atom is 0.171 e. The standard InChI is InChI=1S/C24H35FNO4P/c1-18-7-6-8-21(13-18)24(25,31)17-30-12-5-3-2-4-11-26-15-23(29)19-9-10-22(28)20(14-19)16-27/h6-10,13-14,23,26-29H,2-5,11-12,15-17,31H2,1H3. The normalized spacial score (nSPS) is 14.4. The maximum absolute atomic E-state index is 14.8. The fourth-order valence-electron chi connectivity index (χ4n) is 3.31. The number of ether oxygens (including phenoxy) is 1. The fourth-order valence-corrected chi connectivity index (χ4v) is 3.61. The molecule has 0 aliphatic carbocycles. The first kappa shape index (κ1) is 25.7. The minimum Gasteiger partial charge on any atom is -0.508 e. The minimum atomic E-state index is -1.56. The molecule has 7 heteroatoms. The number of hydrogen-bond acceptors (Lipinski definition) is 5. The van der Waals surface area contributed by atoms with E-state index in [0.29, 0.717) is 29.8 Å². The zero-order valence-electron chi connectivity index (χ0n) is 18.2. The second-order valence-electron chi connectivity index (χ2n) is 7.96. The van der Waals surface area contributed by atoms with Crippen molar-refractivity contribution in [1.82, 2.24) is 5.32 Å². The molecule has 0 bridgehead atoms. The molecule has 2 aromatic rings. The molecule has 31 heavy (non-hydrogen) atoms. The average Bonchev–Trinajstić information content (AvgIpc) is 2.75. The average molecular weight is 452 g/mol. The van der Waals surface area contributed by atoms with Gasteiger partial charge < -0.3 is 25.4 Å². The van der Waals surface area contributed by atoms with Gasteiger partial charge in [0.25, 0.3) is 0 Å². The largest absolute Gasteiger partial charge is 0.508 e. The monoisotopic (exact) mass is 451 g/mol. The highest BCUT2D eigenvalue weighted by Gasteiger charge is 2.26. The summed E-state index contributed by atoms with van der Waals surface area (Å²) in [6.45, 7) is 3.43. The second-order valence-corrected chi connectivity index (χ2v) is 8.88. The van der Waals surface area contributed by atoms with Crippen LogP contribution in [0, 0.1) is 6.92 Å². The molecule has 0 radical (unpaired) electrons. The van der Waals surface area contributed by atoms with Crippen molar-refractivity contribution in [2.75, 3.05) is 26.3 Å². The van der Waals surface area contributed by atoms with Crippen LogP contribution in [0.1, 0.15) is 54.0 Å². The van der Waals surface area contributed by atoms with Gasteiger partial charge in [0.05, 0.1) is 19.3 Å². The van der Waals surface area contributed by atoms with Gasteiger partial charge in [-0.1, -0.05) is 58.0 Å². The number of alkyl halides is 1. The molecule has 3 unspecified atom stereocenters. The molecule has 4 N–H and O–H groups in total. The topological polar surface area (TPSA) is 82.0 Å². The van der Waals surface area contributed by atoms with Crippen LogP contribution in [-0.2, 0) is 16.8 Å². The Labute approximate surface area is 186 Å². The van der Waals surface area contributed by atoms with E-state index in [9.17, 15) is 19.7 Å². The van der Waals surface area contributed by atoms with E-state index in [1.165, 1.54) is 6.07 Å². The molecule has 0 saturated carbocycles. The van der Waals surface area contributed by atoms with E-state index in [0.717, 1.165) is 37.8 Å². The molecule has 172 valence electrons. The van der Waals surface area contributed by atoms with Gasteiger partial charge in [-0.25, -0.2) is 4.39 Å². The van der Waals surface area contributed by atoms with Gasteiger partial charge in [-0.15, -0.1) is 0 Å². The van der Waals surface area contributed by atoms with Crippen molar-refractivity contribution in [2.45, 2.75) is 50.7 Å². The van der Waals surface area contributed by atoms with Crippen LogP contribution in [0.3, 0.4) is 0 Å². The number of nitrogens with one attached hydrogen (secondary N) is 1. The van der Waals surface area contributed by atoms with Crippen molar-refractivity contribution in [3.8, 4) is 5.75 Å². The summed E-state index contributed by atoms with van der Waals surface area (Å²) in [7, 11) is 2.26. The highest BCUT2D eigenvalue weighted by atomic mass is 31.0. The number of phenols is 1. The Morgan fingerprint density at radius 1 is 1.13 bits per heavy atom. The highest BCUT2D eigenvalue weighted by molar-refractivity contribution is 7.18. The number of aliphatic hydroxyl groups excluding tert-OH is 2. The SMILES string of the molecule is Cc1cccc(C(F)(P)COCCCCCCNCC(O)c2ccc(O)c(CO)c2)c1. The summed E-state index contributed by atoms with van der Waals surface area (Å²) >= 11 is 0. The highest BCUT2D eigenvalue weighted by Crippen LogP contribution is 2.34. The number of hydrogen-bond donors (Lipinski definition) is 4. The molecule has 0 aliphatic heterocycles. The van der Waals surface area contributed by atoms with Crippen molar-refractivity contribution in [2.24, 2.45) is 0 Å². The third kappa shape index (κ3) is 8.83. The smallest absolute Gasteiger partial charge is 0.171 e. The number of aryl methyl sites for hydroxylation is 1. The van der Waals surface area contributed by atoms with E-state index in [-0.39, 0.29) is 19.0 Å². The number of unbranched alkanes of at least 4 members (excludes halogenated alkanes) is 3. The summed E-state index contributed by atoms with van der Waals surface area (Å²) in [5, 5.41) is 30.7. The fraction of sp³-hybridized carbons (Fsp3) is 0.500. The van der Waals surface area contributed by atoms with Crippen LogP contribution in [0.5, 0.6) is 5.75 Å². The summed E-state index contributed by atoms with van der Waals surface area (Å²) in [6, 6.07) is 12.2. The minimum absolute atomic E-state index is 0.0236. The van der Waals surface area contributed by atoms with Crippen LogP contribution in [-0.4, -0.2) is 41.6 Å². The van der Waals surface area contributed by atoms with Gasteiger partial charge in [0.2, 0.25) is 0 Å². The van der Waals surface area contributed by atoms with Crippen LogP contribution in [0.2, 0.25) is 0 Å². The van der Waals surface area contributed by atoms with Crippen molar-refractivity contribution >= 4 is 9.24 Å². The Balaban J connectivity index is 1.52. The lowest BCUT2D eigenvalue weighted by Crippen LogP contribution is -2.22. The van der Waals surface area contributed by atoms with E-state index < -0.39 is 11.5 Å². The molecule has 0 saturated heterocycles. The maximum atomic E-state index is 14.8. The molecule has 0 amide bonds. The molecular formula is C24H35FNO4P. The van der Waals surface area contributed by atoms with Crippen LogP contribution in [0.4, 0.5) is 4.39 Å². The van der Waals surface area contributed by atoms with Crippen LogP contribution < -0.4 is 5.32 Å². The van der Waals surface area contributed by atoms with Gasteiger partial charge in [-0.05, 0) is 49.6 Å². The molecule has 0 aliphatic rings. The van der Waals surface area contributed by atoms with Gasteiger partial charge >= 0.3 is 0 Å². The summed E-state index contributed by atoms with van der Waals surface area (Å²) in [4.78, 5) is 0. The third-order valence-corrected chi connectivity index (χ3v) is 5.70. The van der Waals surface area contributed by atoms with Gasteiger partial charge in [0, 0.05) is 18.7 Å². The predicted molar refractivity (Wildman–Crippen MR) is 125 cm³/mol. The molecular weight excluding hydrogens is 416 g/mol. The van der Waals surface area contributed by atoms with Crippen molar-refractivity contribution in [3.63, 3.8) is 0 Å². The van der Waals surface area contributed by atoms with Gasteiger partial charge in [0.15, 0.2) is 5.41 Å². The van der Waals surface area contributed by atoms with Crippen LogP contribution in [0.25, 0.3) is 0 Å². The Bertz CT molecular complexity index is 803. The lowest BCUT2D eigenvalue weighted by Gasteiger charge is -2.21. The van der Waals surface area contributed by atoms with E-state index in [2.05, 4.69) is 14.6 Å². The van der Waals surface area contributed by atoms with Crippen LogP contribution in [0.15, 0.2) is 42.5 Å². The first-order valence-electron chi connectivity index (χ1n) is 10.8. The zero-order chi connectivity index (χ0) is 22.7. The number of aromatic hydroxyl groups is 1. The third-order valence-electron chi connectivity index (χ3n) is 5.20. The van der Waals surface area contributed by atoms with E-state index >= 15 is 0 Å². The van der Waals surface area contributed by atoms with E-state index in [4.69, 9.17) is 4.74 Å². The Morgan fingerprint density at radius 3 is 2.65 bits per heavy atom. The van der Waals surface area contributed by atoms with Gasteiger partial charge in [-0.3, -0.25) is 0 Å². The van der Waals surface area contributed by atoms with Crippen molar-refractivity contribution in [1.29, 1.82) is 0 Å². The first-order valence-corrected chi connectivity index (χ1v) is 11.4. The van der Waals surface area contributed by atoms with Gasteiger partial charge in [-0.2, -0.15) is 0 Å². The quantitative estimate of drug-likeness (QED) is 0.257. The summed E-state index contributed by atoms with van der Waals surface area (Å²) in [6.07, 6.45) is 3.20. The molecule has 5 nitrogen and oxygen atoms in total. The summed E-state index contributed by atoms with van der Waals surface area (Å²) in [5.41, 5.74) is 2.71. The van der Waals surface area contributed by atoms with Crippen LogP contribution >= 0.6 is 9.24 Å². The molecule has 3 atom stereocenters. The Morgan fingerprint density at radius 2 is 1.90 bits per heavy atom. The molecule has 0 spiro atoms.